The zero-order valence-corrected chi connectivity index (χ0v) is 13.4. The Bertz CT molecular complexity index is 727. The van der Waals surface area contributed by atoms with Crippen molar-refractivity contribution >= 4 is 11.9 Å². The predicted octanol–water partition coefficient (Wildman–Crippen LogP) is 3.44. The molecule has 1 amide bonds. The Kier molecular flexibility index (Phi) is 4.94. The number of amides is 1. The molecule has 2 aromatic rings. The normalized spacial score (nSPS) is 17.6. The number of nitrogens with one attached hydrogen (secondary N) is 1. The molecule has 124 valence electrons. The lowest BCUT2D eigenvalue weighted by Gasteiger charge is -2.27. The van der Waals surface area contributed by atoms with Crippen LogP contribution in [0.5, 0.6) is 0 Å². The van der Waals surface area contributed by atoms with Gasteiger partial charge in [0, 0.05) is 0 Å². The number of carbonyl (C=O) groups excluding carboxylic acids is 1. The van der Waals surface area contributed by atoms with Gasteiger partial charge in [-0.1, -0.05) is 54.6 Å². The van der Waals surface area contributed by atoms with E-state index in [0.29, 0.717) is 0 Å². The van der Waals surface area contributed by atoms with Gasteiger partial charge in [-0.2, -0.15) is 0 Å². The number of hydrogen-bond donors (Lipinski definition) is 2. The Morgan fingerprint density at radius 2 is 1.79 bits per heavy atom. The lowest BCUT2D eigenvalue weighted by molar-refractivity contribution is -0.137. The van der Waals surface area contributed by atoms with Gasteiger partial charge < -0.3 is 10.4 Å². The van der Waals surface area contributed by atoms with E-state index in [4.69, 9.17) is 0 Å². The number of aliphatic carboxylic acids is 1. The lowest BCUT2D eigenvalue weighted by atomic mass is 9.82. The standard InChI is InChI=1S/C20H21NO3/c22-19(23)13-18(15-8-2-1-3-9-15)21-20(24)17-12-6-10-14-7-4-5-11-16(14)17/h1-5,7-9,11,17-18H,6,10,12-13H2,(H,21,24)(H,22,23). The number of carboxylic acids is 1. The molecule has 0 heterocycles. The van der Waals surface area contributed by atoms with Crippen LogP contribution in [0.3, 0.4) is 0 Å². The van der Waals surface area contributed by atoms with Gasteiger partial charge >= 0.3 is 5.97 Å². The van der Waals surface area contributed by atoms with Gasteiger partial charge in [0.05, 0.1) is 18.4 Å². The van der Waals surface area contributed by atoms with Crippen LogP contribution in [0.4, 0.5) is 0 Å². The minimum Gasteiger partial charge on any atom is -0.481 e. The summed E-state index contributed by atoms with van der Waals surface area (Å²) >= 11 is 0. The first-order valence-electron chi connectivity index (χ1n) is 8.30. The predicted molar refractivity (Wildman–Crippen MR) is 91.7 cm³/mol. The quantitative estimate of drug-likeness (QED) is 0.886. The summed E-state index contributed by atoms with van der Waals surface area (Å²) in [5, 5.41) is 12.1. The van der Waals surface area contributed by atoms with E-state index in [1.165, 1.54) is 5.56 Å². The molecular formula is C20H21NO3. The first-order valence-corrected chi connectivity index (χ1v) is 8.30. The zero-order chi connectivity index (χ0) is 16.9. The van der Waals surface area contributed by atoms with Crippen molar-refractivity contribution < 1.29 is 14.7 Å². The number of carbonyl (C=O) groups is 2. The highest BCUT2D eigenvalue weighted by molar-refractivity contribution is 5.85. The molecule has 2 aromatic carbocycles. The number of rotatable bonds is 5. The summed E-state index contributed by atoms with van der Waals surface area (Å²) in [7, 11) is 0. The fourth-order valence-corrected chi connectivity index (χ4v) is 3.41. The minimum atomic E-state index is -0.923. The van der Waals surface area contributed by atoms with Crippen molar-refractivity contribution in [1.29, 1.82) is 0 Å². The van der Waals surface area contributed by atoms with Crippen LogP contribution < -0.4 is 5.32 Å². The van der Waals surface area contributed by atoms with E-state index in [2.05, 4.69) is 11.4 Å². The minimum absolute atomic E-state index is 0.0859. The second-order valence-corrected chi connectivity index (χ2v) is 6.21. The maximum atomic E-state index is 12.8. The largest absolute Gasteiger partial charge is 0.481 e. The van der Waals surface area contributed by atoms with E-state index in [1.54, 1.807) is 0 Å². The van der Waals surface area contributed by atoms with Crippen LogP contribution in [0.25, 0.3) is 0 Å². The Morgan fingerprint density at radius 3 is 2.54 bits per heavy atom. The molecular weight excluding hydrogens is 302 g/mol. The first-order chi connectivity index (χ1) is 11.6. The molecule has 0 fully saturated rings. The van der Waals surface area contributed by atoms with Gasteiger partial charge in [0.15, 0.2) is 0 Å². The van der Waals surface area contributed by atoms with E-state index in [0.717, 1.165) is 30.4 Å². The van der Waals surface area contributed by atoms with E-state index >= 15 is 0 Å². The summed E-state index contributed by atoms with van der Waals surface area (Å²) < 4.78 is 0. The summed E-state index contributed by atoms with van der Waals surface area (Å²) in [4.78, 5) is 24.0. The van der Waals surface area contributed by atoms with Crippen LogP contribution >= 0.6 is 0 Å². The molecule has 1 aliphatic rings. The van der Waals surface area contributed by atoms with Crippen LogP contribution in [0.2, 0.25) is 0 Å². The molecule has 2 unspecified atom stereocenters. The van der Waals surface area contributed by atoms with Crippen LogP contribution in [0.15, 0.2) is 54.6 Å². The third-order valence-electron chi connectivity index (χ3n) is 4.58. The maximum absolute atomic E-state index is 12.8. The molecule has 2 atom stereocenters. The Morgan fingerprint density at radius 1 is 1.08 bits per heavy atom. The van der Waals surface area contributed by atoms with Crippen LogP contribution in [-0.2, 0) is 16.0 Å². The average Bonchev–Trinajstić information content (AvgIpc) is 2.61. The molecule has 24 heavy (non-hydrogen) atoms. The summed E-state index contributed by atoms with van der Waals surface area (Å²) in [5.74, 6) is -1.21. The molecule has 3 rings (SSSR count). The van der Waals surface area contributed by atoms with Gasteiger partial charge in [-0.3, -0.25) is 9.59 Å². The Balaban J connectivity index is 1.80. The molecule has 0 saturated carbocycles. The van der Waals surface area contributed by atoms with Crippen molar-refractivity contribution in [3.8, 4) is 0 Å². The van der Waals surface area contributed by atoms with Crippen molar-refractivity contribution in [2.24, 2.45) is 0 Å². The molecule has 1 aliphatic carbocycles. The van der Waals surface area contributed by atoms with E-state index in [9.17, 15) is 14.7 Å². The van der Waals surface area contributed by atoms with Crippen LogP contribution in [0.1, 0.15) is 47.9 Å². The fourth-order valence-electron chi connectivity index (χ4n) is 3.41. The van der Waals surface area contributed by atoms with Crippen molar-refractivity contribution in [1.82, 2.24) is 5.32 Å². The highest BCUT2D eigenvalue weighted by Crippen LogP contribution is 2.32. The molecule has 2 N–H and O–H groups in total. The van der Waals surface area contributed by atoms with Gasteiger partial charge in [-0.25, -0.2) is 0 Å². The molecule has 0 aliphatic heterocycles. The first kappa shape index (κ1) is 16.2. The summed E-state index contributed by atoms with van der Waals surface area (Å²) in [6.45, 7) is 0. The maximum Gasteiger partial charge on any atom is 0.305 e. The van der Waals surface area contributed by atoms with Gasteiger partial charge in [0.25, 0.3) is 0 Å². The summed E-state index contributed by atoms with van der Waals surface area (Å²) in [6.07, 6.45) is 2.66. The highest BCUT2D eigenvalue weighted by atomic mass is 16.4. The SMILES string of the molecule is O=C(O)CC(NC(=O)C1CCCc2ccccc21)c1ccccc1. The number of benzene rings is 2. The lowest BCUT2D eigenvalue weighted by Crippen LogP contribution is -2.35. The van der Waals surface area contributed by atoms with E-state index in [1.807, 2.05) is 48.5 Å². The topological polar surface area (TPSA) is 66.4 Å². The fraction of sp³-hybridized carbons (Fsp3) is 0.300. The smallest absolute Gasteiger partial charge is 0.305 e. The third-order valence-corrected chi connectivity index (χ3v) is 4.58. The van der Waals surface area contributed by atoms with Crippen molar-refractivity contribution in [2.45, 2.75) is 37.6 Å². The van der Waals surface area contributed by atoms with Gasteiger partial charge in [-0.05, 0) is 36.0 Å². The Labute approximate surface area is 141 Å². The summed E-state index contributed by atoms with van der Waals surface area (Å²) in [6, 6.07) is 16.8. The molecule has 0 radical (unpaired) electrons. The van der Waals surface area contributed by atoms with Crippen LogP contribution in [0, 0.1) is 0 Å². The average molecular weight is 323 g/mol. The highest BCUT2D eigenvalue weighted by Gasteiger charge is 2.28. The van der Waals surface area contributed by atoms with Crippen molar-refractivity contribution in [2.75, 3.05) is 0 Å². The molecule has 0 bridgehead atoms. The molecule has 0 spiro atoms. The van der Waals surface area contributed by atoms with E-state index < -0.39 is 12.0 Å². The molecule has 0 saturated heterocycles. The number of hydrogen-bond acceptors (Lipinski definition) is 2. The number of aryl methyl sites for hydroxylation is 1. The number of carboxylic acid groups (broad SMARTS) is 1. The van der Waals surface area contributed by atoms with Crippen molar-refractivity contribution in [3.05, 3.63) is 71.3 Å². The second-order valence-electron chi connectivity index (χ2n) is 6.21. The zero-order valence-electron chi connectivity index (χ0n) is 13.4. The monoisotopic (exact) mass is 323 g/mol. The Hall–Kier alpha value is -2.62. The van der Waals surface area contributed by atoms with Crippen molar-refractivity contribution in [3.63, 3.8) is 0 Å². The van der Waals surface area contributed by atoms with Gasteiger partial charge in [0.1, 0.15) is 0 Å². The number of fused-ring (bicyclic) bond motifs is 1. The summed E-state index contributed by atoms with van der Waals surface area (Å²) in [5.41, 5.74) is 3.11. The third kappa shape index (κ3) is 3.65. The van der Waals surface area contributed by atoms with Gasteiger partial charge in [0.2, 0.25) is 5.91 Å². The second kappa shape index (κ2) is 7.30. The van der Waals surface area contributed by atoms with Crippen LogP contribution in [-0.4, -0.2) is 17.0 Å². The van der Waals surface area contributed by atoms with Gasteiger partial charge in [-0.15, -0.1) is 0 Å². The van der Waals surface area contributed by atoms with E-state index in [-0.39, 0.29) is 18.2 Å². The molecule has 4 nitrogen and oxygen atoms in total. The molecule has 4 heteroatoms. The molecule has 0 aromatic heterocycles.